The predicted molar refractivity (Wildman–Crippen MR) is 113 cm³/mol. The number of halogens is 1. The van der Waals surface area contributed by atoms with Gasteiger partial charge in [0.25, 0.3) is 5.56 Å². The first-order chi connectivity index (χ1) is 14.6. The van der Waals surface area contributed by atoms with Gasteiger partial charge >= 0.3 is 0 Å². The van der Waals surface area contributed by atoms with E-state index in [0.29, 0.717) is 36.7 Å². The molecule has 1 aromatic heterocycles. The third kappa shape index (κ3) is 4.09. The Bertz CT molecular complexity index is 1160. The van der Waals surface area contributed by atoms with E-state index in [1.54, 1.807) is 6.07 Å². The Labute approximate surface area is 173 Å². The molecule has 0 amide bonds. The summed E-state index contributed by atoms with van der Waals surface area (Å²) in [5.74, 6) is 0.340. The summed E-state index contributed by atoms with van der Waals surface area (Å²) in [4.78, 5) is 20.6. The van der Waals surface area contributed by atoms with Crippen LogP contribution < -0.4 is 16.0 Å². The van der Waals surface area contributed by atoms with Crippen molar-refractivity contribution < 1.29 is 9.13 Å². The fourth-order valence-electron chi connectivity index (χ4n) is 3.29. The van der Waals surface area contributed by atoms with Crippen molar-refractivity contribution in [1.82, 2.24) is 9.55 Å². The SMILES string of the molecule is [C-]#[N+]c1ccc(-c2nc(OCCCN)cc(=O)n2-c2ccc(C3CC3)cc2)cc1F. The summed E-state index contributed by atoms with van der Waals surface area (Å²) in [5, 5.41) is 0. The molecule has 1 heterocycles. The zero-order valence-corrected chi connectivity index (χ0v) is 16.3. The zero-order chi connectivity index (χ0) is 21.1. The first kappa shape index (κ1) is 19.8. The Morgan fingerprint density at radius 2 is 1.97 bits per heavy atom. The minimum Gasteiger partial charge on any atom is -0.477 e. The summed E-state index contributed by atoms with van der Waals surface area (Å²) in [7, 11) is 0. The average molecular weight is 404 g/mol. The van der Waals surface area contributed by atoms with E-state index < -0.39 is 5.82 Å². The molecule has 1 fully saturated rings. The lowest BCUT2D eigenvalue weighted by Gasteiger charge is -2.15. The number of aromatic nitrogens is 2. The second-order valence-corrected chi connectivity index (χ2v) is 7.23. The van der Waals surface area contributed by atoms with Crippen molar-refractivity contribution in [1.29, 1.82) is 0 Å². The van der Waals surface area contributed by atoms with Gasteiger partial charge in [0.05, 0.1) is 24.9 Å². The van der Waals surface area contributed by atoms with Gasteiger partial charge in [-0.1, -0.05) is 24.3 Å². The van der Waals surface area contributed by atoms with Crippen molar-refractivity contribution in [3.05, 3.63) is 81.7 Å². The van der Waals surface area contributed by atoms with Gasteiger partial charge < -0.3 is 10.5 Å². The molecular weight excluding hydrogens is 383 g/mol. The van der Waals surface area contributed by atoms with Crippen LogP contribution in [0.3, 0.4) is 0 Å². The molecule has 152 valence electrons. The lowest BCUT2D eigenvalue weighted by atomic mass is 10.1. The first-order valence-corrected chi connectivity index (χ1v) is 9.85. The van der Waals surface area contributed by atoms with Gasteiger partial charge in [-0.25, -0.2) is 9.24 Å². The molecule has 2 N–H and O–H groups in total. The third-order valence-electron chi connectivity index (χ3n) is 5.02. The Hall–Kier alpha value is -3.50. The average Bonchev–Trinajstić information content (AvgIpc) is 3.59. The van der Waals surface area contributed by atoms with E-state index in [0.717, 1.165) is 0 Å². The highest BCUT2D eigenvalue weighted by atomic mass is 19.1. The Morgan fingerprint density at radius 3 is 2.60 bits per heavy atom. The molecule has 0 unspecified atom stereocenters. The second-order valence-electron chi connectivity index (χ2n) is 7.23. The van der Waals surface area contributed by atoms with E-state index in [4.69, 9.17) is 17.0 Å². The second kappa shape index (κ2) is 8.47. The standard InChI is InChI=1S/C23H21FN4O2/c1-26-20-10-7-17(13-19(20)24)23-27-21(30-12-2-11-25)14-22(29)28(23)18-8-5-16(6-9-18)15-3-4-15/h5-10,13-15H,2-4,11-12,25H2. The molecule has 0 aliphatic heterocycles. The minimum atomic E-state index is -0.665. The van der Waals surface area contributed by atoms with Crippen LogP contribution in [0.25, 0.3) is 21.9 Å². The maximum Gasteiger partial charge on any atom is 0.262 e. The number of ether oxygens (including phenoxy) is 1. The predicted octanol–water partition coefficient (Wildman–Crippen LogP) is 4.19. The maximum absolute atomic E-state index is 14.3. The van der Waals surface area contributed by atoms with E-state index in [1.165, 1.54) is 41.2 Å². The molecule has 0 saturated heterocycles. The van der Waals surface area contributed by atoms with Crippen LogP contribution in [0.5, 0.6) is 5.88 Å². The molecule has 1 aliphatic carbocycles. The molecule has 0 spiro atoms. The van der Waals surface area contributed by atoms with E-state index in [2.05, 4.69) is 9.83 Å². The molecule has 3 aromatic rings. The lowest BCUT2D eigenvalue weighted by molar-refractivity contribution is 0.300. The molecule has 0 atom stereocenters. The van der Waals surface area contributed by atoms with Gasteiger partial charge in [0.15, 0.2) is 5.82 Å². The molecule has 30 heavy (non-hydrogen) atoms. The molecule has 1 aliphatic rings. The number of hydrogen-bond donors (Lipinski definition) is 1. The normalized spacial score (nSPS) is 13.1. The summed E-state index contributed by atoms with van der Waals surface area (Å²) in [6.07, 6.45) is 3.00. The Morgan fingerprint density at radius 1 is 1.20 bits per heavy atom. The molecule has 1 saturated carbocycles. The maximum atomic E-state index is 14.3. The van der Waals surface area contributed by atoms with Crippen molar-refractivity contribution in [3.8, 4) is 23.0 Å². The number of benzene rings is 2. The molecular formula is C23H21FN4O2. The third-order valence-corrected chi connectivity index (χ3v) is 5.02. The van der Waals surface area contributed by atoms with Crippen LogP contribution in [0.1, 0.15) is 30.7 Å². The van der Waals surface area contributed by atoms with Crippen molar-refractivity contribution >= 4 is 5.69 Å². The fourth-order valence-corrected chi connectivity index (χ4v) is 3.29. The molecule has 6 nitrogen and oxygen atoms in total. The highest BCUT2D eigenvalue weighted by molar-refractivity contribution is 5.63. The van der Waals surface area contributed by atoms with E-state index in [-0.39, 0.29) is 23.0 Å². The number of nitrogens with two attached hydrogens (primary N) is 1. The minimum absolute atomic E-state index is 0.0863. The van der Waals surface area contributed by atoms with E-state index in [1.807, 2.05) is 24.3 Å². The van der Waals surface area contributed by atoms with Crippen LogP contribution in [0.4, 0.5) is 10.1 Å². The lowest BCUT2D eigenvalue weighted by Crippen LogP contribution is -2.22. The number of rotatable bonds is 7. The van der Waals surface area contributed by atoms with Crippen molar-refractivity contribution in [2.75, 3.05) is 13.2 Å². The first-order valence-electron chi connectivity index (χ1n) is 9.85. The van der Waals surface area contributed by atoms with Crippen molar-refractivity contribution in [2.24, 2.45) is 5.73 Å². The quantitative estimate of drug-likeness (QED) is 0.473. The van der Waals surface area contributed by atoms with Crippen LogP contribution >= 0.6 is 0 Å². The van der Waals surface area contributed by atoms with E-state index in [9.17, 15) is 9.18 Å². The summed E-state index contributed by atoms with van der Waals surface area (Å²) in [6, 6.07) is 13.3. The van der Waals surface area contributed by atoms with Crippen LogP contribution in [-0.2, 0) is 0 Å². The monoisotopic (exact) mass is 404 g/mol. The van der Waals surface area contributed by atoms with Crippen LogP contribution in [0.2, 0.25) is 0 Å². The molecule has 0 radical (unpaired) electrons. The van der Waals surface area contributed by atoms with Crippen LogP contribution in [0, 0.1) is 12.4 Å². The molecule has 4 rings (SSSR count). The largest absolute Gasteiger partial charge is 0.477 e. The smallest absolute Gasteiger partial charge is 0.262 e. The van der Waals surface area contributed by atoms with Crippen molar-refractivity contribution in [3.63, 3.8) is 0 Å². The molecule has 2 aromatic carbocycles. The fraction of sp³-hybridized carbons (Fsp3) is 0.261. The van der Waals surface area contributed by atoms with Gasteiger partial charge in [0.1, 0.15) is 5.82 Å². The Balaban J connectivity index is 1.82. The summed E-state index contributed by atoms with van der Waals surface area (Å²) >= 11 is 0. The van der Waals surface area contributed by atoms with Gasteiger partial charge in [-0.2, -0.15) is 4.98 Å². The van der Waals surface area contributed by atoms with Crippen LogP contribution in [-0.4, -0.2) is 22.7 Å². The summed E-state index contributed by atoms with van der Waals surface area (Å²) in [6.45, 7) is 7.83. The zero-order valence-electron chi connectivity index (χ0n) is 16.3. The topological polar surface area (TPSA) is 74.5 Å². The highest BCUT2D eigenvalue weighted by Crippen LogP contribution is 2.40. The number of hydrogen-bond acceptors (Lipinski definition) is 4. The summed E-state index contributed by atoms with van der Waals surface area (Å²) < 4.78 is 21.3. The summed E-state index contributed by atoms with van der Waals surface area (Å²) in [5.41, 5.74) is 7.33. The number of nitrogens with zero attached hydrogens (tertiary/aromatic N) is 3. The van der Waals surface area contributed by atoms with Gasteiger partial charge in [0.2, 0.25) is 11.6 Å². The van der Waals surface area contributed by atoms with Crippen molar-refractivity contribution in [2.45, 2.75) is 25.2 Å². The van der Waals surface area contributed by atoms with Gasteiger partial charge in [-0.3, -0.25) is 9.36 Å². The van der Waals surface area contributed by atoms with Crippen LogP contribution in [0.15, 0.2) is 53.3 Å². The van der Waals surface area contributed by atoms with Gasteiger partial charge in [-0.05, 0) is 55.5 Å². The van der Waals surface area contributed by atoms with Gasteiger partial charge in [-0.15, -0.1) is 0 Å². The Kier molecular flexibility index (Phi) is 5.59. The highest BCUT2D eigenvalue weighted by Gasteiger charge is 2.23. The molecule has 7 heteroatoms. The van der Waals surface area contributed by atoms with Gasteiger partial charge in [0, 0.05) is 5.56 Å². The molecule has 0 bridgehead atoms. The van der Waals surface area contributed by atoms with E-state index >= 15 is 0 Å².